The highest BCUT2D eigenvalue weighted by Crippen LogP contribution is 2.27. The molecule has 2 heterocycles. The van der Waals surface area contributed by atoms with Gasteiger partial charge in [-0.2, -0.15) is 0 Å². The zero-order chi connectivity index (χ0) is 11.7. The van der Waals surface area contributed by atoms with Crippen molar-refractivity contribution >= 4 is 17.2 Å². The molecule has 4 heteroatoms. The SMILES string of the molecule is CCC(C)/C(C)=[N+]1/Nc2cccnc2N1C. The van der Waals surface area contributed by atoms with Crippen molar-refractivity contribution in [3.63, 3.8) is 0 Å². The number of anilines is 2. The molecule has 0 radical (unpaired) electrons. The van der Waals surface area contributed by atoms with Crippen molar-refractivity contribution in [2.24, 2.45) is 5.92 Å². The molecule has 1 atom stereocenters. The second-order valence-electron chi connectivity index (χ2n) is 4.27. The van der Waals surface area contributed by atoms with Crippen molar-refractivity contribution in [2.45, 2.75) is 27.2 Å². The molecule has 16 heavy (non-hydrogen) atoms. The minimum absolute atomic E-state index is 0.560. The Morgan fingerprint density at radius 3 is 3.00 bits per heavy atom. The van der Waals surface area contributed by atoms with Crippen molar-refractivity contribution < 1.29 is 4.79 Å². The van der Waals surface area contributed by atoms with Crippen LogP contribution in [0, 0.1) is 5.92 Å². The molecular weight excluding hydrogens is 200 g/mol. The Bertz CT molecular complexity index is 425. The number of rotatable bonds is 2. The van der Waals surface area contributed by atoms with Gasteiger partial charge in [0.05, 0.1) is 7.05 Å². The van der Waals surface area contributed by atoms with Crippen LogP contribution >= 0.6 is 0 Å². The number of aromatic nitrogens is 1. The van der Waals surface area contributed by atoms with E-state index in [4.69, 9.17) is 0 Å². The van der Waals surface area contributed by atoms with Gasteiger partial charge in [0, 0.05) is 23.8 Å². The Morgan fingerprint density at radius 2 is 2.38 bits per heavy atom. The van der Waals surface area contributed by atoms with E-state index in [9.17, 15) is 0 Å². The minimum Gasteiger partial charge on any atom is -0.232 e. The van der Waals surface area contributed by atoms with Gasteiger partial charge in [0.2, 0.25) is 11.5 Å². The van der Waals surface area contributed by atoms with E-state index in [1.807, 2.05) is 25.4 Å². The molecule has 0 saturated heterocycles. The second kappa shape index (κ2) is 4.12. The molecule has 1 aromatic heterocycles. The highest BCUT2D eigenvalue weighted by molar-refractivity contribution is 5.81. The maximum absolute atomic E-state index is 4.37. The molecule has 0 saturated carbocycles. The van der Waals surface area contributed by atoms with E-state index < -0.39 is 0 Å². The van der Waals surface area contributed by atoms with E-state index in [-0.39, 0.29) is 0 Å². The molecule has 2 rings (SSSR count). The lowest BCUT2D eigenvalue weighted by atomic mass is 10.0. The Balaban J connectivity index is 2.37. The molecule has 0 fully saturated rings. The fourth-order valence-corrected chi connectivity index (χ4v) is 1.85. The first-order valence-electron chi connectivity index (χ1n) is 5.74. The summed E-state index contributed by atoms with van der Waals surface area (Å²) in [6.45, 7) is 6.60. The number of hydrogen-bond acceptors (Lipinski definition) is 3. The van der Waals surface area contributed by atoms with Gasteiger partial charge in [0.15, 0.2) is 0 Å². The van der Waals surface area contributed by atoms with Gasteiger partial charge in [-0.25, -0.2) is 4.98 Å². The predicted octanol–water partition coefficient (Wildman–Crippen LogP) is 2.29. The molecule has 4 nitrogen and oxygen atoms in total. The third kappa shape index (κ3) is 1.64. The largest absolute Gasteiger partial charge is 0.232 e. The number of hydrogen-bond donors (Lipinski definition) is 1. The smallest absolute Gasteiger partial charge is 0.219 e. The fraction of sp³-hybridized carbons (Fsp3) is 0.500. The summed E-state index contributed by atoms with van der Waals surface area (Å²) in [4.78, 5) is 6.44. The maximum Gasteiger partial charge on any atom is 0.219 e. The molecule has 1 aromatic rings. The van der Waals surface area contributed by atoms with Crippen LogP contribution < -0.4 is 10.4 Å². The molecule has 1 N–H and O–H groups in total. The Labute approximate surface area is 96.6 Å². The molecule has 0 aliphatic carbocycles. The topological polar surface area (TPSA) is 31.2 Å². The van der Waals surface area contributed by atoms with Gasteiger partial charge in [-0.3, -0.25) is 0 Å². The lowest BCUT2D eigenvalue weighted by Crippen LogP contribution is -2.36. The summed E-state index contributed by atoms with van der Waals surface area (Å²) in [5, 5.41) is 2.05. The monoisotopic (exact) mass is 219 g/mol. The van der Waals surface area contributed by atoms with Gasteiger partial charge < -0.3 is 0 Å². The molecule has 1 unspecified atom stereocenters. The summed E-state index contributed by atoms with van der Waals surface area (Å²) >= 11 is 0. The molecule has 0 spiro atoms. The van der Waals surface area contributed by atoms with Gasteiger partial charge >= 0.3 is 0 Å². The standard InChI is InChI=1S/C12H19N4/c1-5-9(2)10(3)16-14-11-7-6-8-13-12(11)15(16)4/h6-9,14H,5H2,1-4H3/q+1/b16-10-. The first-order valence-corrected chi connectivity index (χ1v) is 5.74. The van der Waals surface area contributed by atoms with Crippen molar-refractivity contribution in [3.8, 4) is 0 Å². The molecular formula is C12H19N4+. The molecule has 1 aliphatic rings. The van der Waals surface area contributed by atoms with E-state index in [1.165, 1.54) is 5.71 Å². The molecule has 1 aliphatic heterocycles. The predicted molar refractivity (Wildman–Crippen MR) is 66.7 cm³/mol. The first-order chi connectivity index (χ1) is 7.65. The maximum atomic E-state index is 4.37. The molecule has 0 bridgehead atoms. The number of nitrogens with zero attached hydrogens (tertiary/aromatic N) is 3. The van der Waals surface area contributed by atoms with E-state index >= 15 is 0 Å². The van der Waals surface area contributed by atoms with Crippen LogP contribution in [0.1, 0.15) is 27.2 Å². The van der Waals surface area contributed by atoms with Crippen molar-refractivity contribution in [3.05, 3.63) is 18.3 Å². The van der Waals surface area contributed by atoms with Crippen LogP contribution in [0.15, 0.2) is 18.3 Å². The fourth-order valence-electron chi connectivity index (χ4n) is 1.85. The van der Waals surface area contributed by atoms with E-state index in [1.54, 1.807) is 0 Å². The average molecular weight is 219 g/mol. The molecule has 86 valence electrons. The Morgan fingerprint density at radius 1 is 1.62 bits per heavy atom. The zero-order valence-electron chi connectivity index (χ0n) is 10.4. The summed E-state index contributed by atoms with van der Waals surface area (Å²) in [6, 6.07) is 3.99. The number of fused-ring (bicyclic) bond motifs is 1. The molecule has 0 amide bonds. The van der Waals surface area contributed by atoms with Crippen molar-refractivity contribution in [1.29, 1.82) is 0 Å². The average Bonchev–Trinajstić information content (AvgIpc) is 2.65. The van der Waals surface area contributed by atoms with Crippen LogP contribution in [0.3, 0.4) is 0 Å². The van der Waals surface area contributed by atoms with Crippen molar-refractivity contribution in [1.82, 2.24) is 4.98 Å². The summed E-state index contributed by atoms with van der Waals surface area (Å²) in [5.74, 6) is 1.54. The second-order valence-corrected chi connectivity index (χ2v) is 4.27. The summed E-state index contributed by atoms with van der Waals surface area (Å²) < 4.78 is 0. The number of nitrogens with one attached hydrogen (secondary N) is 1. The van der Waals surface area contributed by atoms with E-state index in [0.29, 0.717) is 5.92 Å². The van der Waals surface area contributed by atoms with Crippen LogP contribution in [0.4, 0.5) is 11.5 Å². The highest BCUT2D eigenvalue weighted by Gasteiger charge is 2.32. The van der Waals surface area contributed by atoms with Gasteiger partial charge in [0.25, 0.3) is 0 Å². The Hall–Kier alpha value is -1.58. The summed E-state index contributed by atoms with van der Waals surface area (Å²) in [6.07, 6.45) is 2.96. The van der Waals surface area contributed by atoms with E-state index in [0.717, 1.165) is 17.9 Å². The summed E-state index contributed by atoms with van der Waals surface area (Å²) in [7, 11) is 2.03. The first kappa shape index (κ1) is 10.9. The zero-order valence-corrected chi connectivity index (χ0v) is 10.4. The third-order valence-corrected chi connectivity index (χ3v) is 3.28. The number of hydrazine groups is 2. The number of pyridine rings is 1. The highest BCUT2D eigenvalue weighted by atomic mass is 15.8. The third-order valence-electron chi connectivity index (χ3n) is 3.28. The van der Waals surface area contributed by atoms with Crippen LogP contribution in [-0.4, -0.2) is 22.5 Å². The quantitative estimate of drug-likeness (QED) is 0.774. The van der Waals surface area contributed by atoms with Crippen LogP contribution in [0.25, 0.3) is 0 Å². The van der Waals surface area contributed by atoms with E-state index in [2.05, 4.69) is 41.0 Å². The van der Waals surface area contributed by atoms with Crippen LogP contribution in [0.2, 0.25) is 0 Å². The van der Waals surface area contributed by atoms with Crippen LogP contribution in [-0.2, 0) is 0 Å². The Kier molecular flexibility index (Phi) is 2.81. The van der Waals surface area contributed by atoms with Crippen LogP contribution in [0.5, 0.6) is 0 Å². The van der Waals surface area contributed by atoms with Gasteiger partial charge in [0.1, 0.15) is 5.69 Å². The summed E-state index contributed by atoms with van der Waals surface area (Å²) in [5.41, 5.74) is 5.73. The van der Waals surface area contributed by atoms with Crippen molar-refractivity contribution in [2.75, 3.05) is 17.5 Å². The van der Waals surface area contributed by atoms with Gasteiger partial charge in [-0.15, -0.1) is 10.4 Å². The lowest BCUT2D eigenvalue weighted by molar-refractivity contribution is -0.502. The molecule has 0 aromatic carbocycles. The van der Waals surface area contributed by atoms with Gasteiger partial charge in [-0.1, -0.05) is 13.8 Å². The lowest BCUT2D eigenvalue weighted by Gasteiger charge is -2.10. The minimum atomic E-state index is 0.560. The number of hydrazone groups is 2. The van der Waals surface area contributed by atoms with Gasteiger partial charge in [-0.05, 0) is 18.6 Å². The normalized spacial score (nSPS) is 19.1.